The molecule has 4 nitrogen and oxygen atoms in total. The van der Waals surface area contributed by atoms with Gasteiger partial charge in [-0.1, -0.05) is 36.4 Å². The Labute approximate surface area is 160 Å². The van der Waals surface area contributed by atoms with Crippen molar-refractivity contribution in [2.24, 2.45) is 0 Å². The second kappa shape index (κ2) is 6.88. The van der Waals surface area contributed by atoms with Crippen LogP contribution < -0.4 is 9.13 Å². The first-order chi connectivity index (χ1) is 13.1. The fourth-order valence-electron chi connectivity index (χ4n) is 3.54. The van der Waals surface area contributed by atoms with Gasteiger partial charge in [0.1, 0.15) is 34.2 Å². The van der Waals surface area contributed by atoms with Gasteiger partial charge in [-0.05, 0) is 24.3 Å². The van der Waals surface area contributed by atoms with Crippen molar-refractivity contribution >= 4 is 0 Å². The summed E-state index contributed by atoms with van der Waals surface area (Å²) in [4.78, 5) is 0. The molecule has 2 aromatic heterocycles. The van der Waals surface area contributed by atoms with Crippen molar-refractivity contribution in [2.45, 2.75) is 34.4 Å². The predicted molar refractivity (Wildman–Crippen MR) is 106 cm³/mol. The molecule has 0 aliphatic heterocycles. The Morgan fingerprint density at radius 2 is 0.963 bits per heavy atom. The van der Waals surface area contributed by atoms with Gasteiger partial charge < -0.3 is 0 Å². The summed E-state index contributed by atoms with van der Waals surface area (Å²) in [6.45, 7) is 9.52. The third-order valence-electron chi connectivity index (χ3n) is 5.51. The van der Waals surface area contributed by atoms with E-state index in [0.29, 0.717) is 0 Å². The fourth-order valence-corrected chi connectivity index (χ4v) is 3.54. The minimum atomic E-state index is 0.791. The average molecular weight is 358 g/mol. The quantitative estimate of drug-likeness (QED) is 0.496. The van der Waals surface area contributed by atoms with Gasteiger partial charge in [0.2, 0.25) is 6.67 Å². The Bertz CT molecular complexity index is 985. The molecule has 0 saturated heterocycles. The number of hydrogen-bond acceptors (Lipinski definition) is 0. The number of rotatable bonds is 4. The molecule has 0 bridgehead atoms. The van der Waals surface area contributed by atoms with Crippen LogP contribution in [-0.2, 0) is 6.67 Å². The zero-order valence-electron chi connectivity index (χ0n) is 16.4. The van der Waals surface area contributed by atoms with Crippen LogP contribution in [0.3, 0.4) is 0 Å². The number of imidazole rings is 2. The van der Waals surface area contributed by atoms with E-state index in [9.17, 15) is 0 Å². The summed E-state index contributed by atoms with van der Waals surface area (Å²) in [5.74, 6) is 0. The third kappa shape index (κ3) is 3.08. The summed E-state index contributed by atoms with van der Waals surface area (Å²) < 4.78 is 9.13. The van der Waals surface area contributed by atoms with Crippen molar-refractivity contribution in [1.82, 2.24) is 9.13 Å². The maximum Gasteiger partial charge on any atom is 0.252 e. The zero-order chi connectivity index (χ0) is 19.0. The maximum absolute atomic E-state index is 2.31. The summed E-state index contributed by atoms with van der Waals surface area (Å²) in [5.41, 5.74) is 7.46. The Morgan fingerprint density at radius 1 is 0.593 bits per heavy atom. The van der Waals surface area contributed by atoms with Crippen LogP contribution in [0.4, 0.5) is 0 Å². The highest BCUT2D eigenvalue weighted by Gasteiger charge is 2.23. The maximum atomic E-state index is 2.31. The molecule has 0 aliphatic rings. The van der Waals surface area contributed by atoms with Crippen LogP contribution in [0.1, 0.15) is 22.8 Å². The minimum absolute atomic E-state index is 0.791. The molecule has 0 N–H and O–H groups in total. The molecule has 0 radical (unpaired) electrons. The van der Waals surface area contributed by atoms with Crippen molar-refractivity contribution in [1.29, 1.82) is 0 Å². The summed E-state index contributed by atoms with van der Waals surface area (Å²) in [6.07, 6.45) is 4.39. The Balaban J connectivity index is 1.72. The van der Waals surface area contributed by atoms with E-state index in [1.165, 1.54) is 34.2 Å². The van der Waals surface area contributed by atoms with Crippen molar-refractivity contribution in [3.63, 3.8) is 0 Å². The van der Waals surface area contributed by atoms with E-state index in [2.05, 4.69) is 119 Å². The van der Waals surface area contributed by atoms with Gasteiger partial charge >= 0.3 is 0 Å². The summed E-state index contributed by atoms with van der Waals surface area (Å²) >= 11 is 0. The molecule has 27 heavy (non-hydrogen) atoms. The first kappa shape index (κ1) is 17.3. The largest absolute Gasteiger partial charge is 0.252 e. The molecule has 4 rings (SSSR count). The van der Waals surface area contributed by atoms with Crippen LogP contribution in [0.5, 0.6) is 0 Å². The van der Waals surface area contributed by atoms with E-state index in [4.69, 9.17) is 0 Å². The lowest BCUT2D eigenvalue weighted by Crippen LogP contribution is -2.52. The van der Waals surface area contributed by atoms with E-state index in [1.807, 2.05) is 0 Å². The first-order valence-electron chi connectivity index (χ1n) is 9.33. The molecular weight excluding hydrogens is 332 g/mol. The molecule has 4 heteroatoms. The van der Waals surface area contributed by atoms with E-state index in [-0.39, 0.29) is 0 Å². The normalized spacial score (nSPS) is 11.1. The van der Waals surface area contributed by atoms with Crippen LogP contribution in [0.15, 0.2) is 73.3 Å². The molecule has 0 unspecified atom stereocenters. The fraction of sp³-hybridized carbons (Fsp3) is 0.217. The standard InChI is InChI=1S/C23H26N4/c1-18-20(3)26(22-11-7-5-8-12-22)16-24(18)15-25-17-27(21(4)19(25)2)23-13-9-6-10-14-23/h5-14,16-17H,15H2,1-4H3/q+2. The molecule has 0 aliphatic carbocycles. The highest BCUT2D eigenvalue weighted by molar-refractivity contribution is 5.34. The molecule has 4 aromatic rings. The number of para-hydroxylation sites is 2. The van der Waals surface area contributed by atoms with Gasteiger partial charge in [-0.3, -0.25) is 0 Å². The van der Waals surface area contributed by atoms with Crippen LogP contribution in [-0.4, -0.2) is 9.13 Å². The molecule has 2 heterocycles. The smallest absolute Gasteiger partial charge is 0.199 e. The zero-order valence-corrected chi connectivity index (χ0v) is 16.4. The number of benzene rings is 2. The summed E-state index contributed by atoms with van der Waals surface area (Å²) in [7, 11) is 0. The Morgan fingerprint density at radius 3 is 1.33 bits per heavy atom. The minimum Gasteiger partial charge on any atom is -0.199 e. The van der Waals surface area contributed by atoms with E-state index in [0.717, 1.165) is 6.67 Å². The van der Waals surface area contributed by atoms with E-state index < -0.39 is 0 Å². The van der Waals surface area contributed by atoms with Crippen molar-refractivity contribution < 1.29 is 9.13 Å². The molecule has 2 aromatic carbocycles. The Hall–Kier alpha value is -3.14. The highest BCUT2D eigenvalue weighted by Crippen LogP contribution is 2.14. The second-order valence-corrected chi connectivity index (χ2v) is 7.06. The number of nitrogens with zero attached hydrogens (tertiary/aromatic N) is 4. The van der Waals surface area contributed by atoms with Gasteiger partial charge in [0.05, 0.1) is 0 Å². The van der Waals surface area contributed by atoms with Gasteiger partial charge in [0, 0.05) is 27.7 Å². The molecular formula is C23H26N4+2. The molecule has 136 valence electrons. The van der Waals surface area contributed by atoms with Crippen LogP contribution in [0.25, 0.3) is 11.4 Å². The Kier molecular flexibility index (Phi) is 4.40. The third-order valence-corrected chi connectivity index (χ3v) is 5.51. The molecule has 0 fully saturated rings. The van der Waals surface area contributed by atoms with E-state index in [1.54, 1.807) is 0 Å². The monoisotopic (exact) mass is 358 g/mol. The summed E-state index contributed by atoms with van der Waals surface area (Å²) in [6, 6.07) is 21.0. The molecule has 0 spiro atoms. The van der Waals surface area contributed by atoms with Crippen molar-refractivity contribution in [3.05, 3.63) is 96.1 Å². The second-order valence-electron chi connectivity index (χ2n) is 7.06. The number of aromatic nitrogens is 4. The van der Waals surface area contributed by atoms with Gasteiger partial charge in [-0.15, -0.1) is 0 Å². The lowest BCUT2D eigenvalue weighted by Gasteiger charge is -1.97. The molecule has 0 saturated carbocycles. The lowest BCUT2D eigenvalue weighted by molar-refractivity contribution is -0.916. The average Bonchev–Trinajstić information content (AvgIpc) is 3.15. The first-order valence-corrected chi connectivity index (χ1v) is 9.33. The van der Waals surface area contributed by atoms with Gasteiger partial charge in [-0.2, -0.15) is 18.3 Å². The van der Waals surface area contributed by atoms with Gasteiger partial charge in [0.25, 0.3) is 12.7 Å². The molecule has 0 amide bonds. The van der Waals surface area contributed by atoms with Crippen LogP contribution in [0, 0.1) is 27.7 Å². The van der Waals surface area contributed by atoms with Crippen LogP contribution in [0.2, 0.25) is 0 Å². The van der Waals surface area contributed by atoms with Gasteiger partial charge in [0.15, 0.2) is 0 Å². The van der Waals surface area contributed by atoms with Crippen molar-refractivity contribution in [3.8, 4) is 11.4 Å². The van der Waals surface area contributed by atoms with Crippen LogP contribution >= 0.6 is 0 Å². The SMILES string of the molecule is Cc1c(C)[n+](C[n+]2cn(-c3ccccc3)c(C)c2C)cn1-c1ccccc1. The molecule has 0 atom stereocenters. The van der Waals surface area contributed by atoms with E-state index >= 15 is 0 Å². The highest BCUT2D eigenvalue weighted by atomic mass is 15.3. The predicted octanol–water partition coefficient (Wildman–Crippen LogP) is 3.58. The summed E-state index contributed by atoms with van der Waals surface area (Å²) in [5, 5.41) is 0. The van der Waals surface area contributed by atoms with Crippen molar-refractivity contribution in [2.75, 3.05) is 0 Å². The lowest BCUT2D eigenvalue weighted by atomic mass is 10.3. The number of hydrogen-bond donors (Lipinski definition) is 0. The topological polar surface area (TPSA) is 17.6 Å². The van der Waals surface area contributed by atoms with Gasteiger partial charge in [-0.25, -0.2) is 0 Å².